The number of hydrogen-bond acceptors (Lipinski definition) is 8. The fraction of sp³-hybridized carbons (Fsp3) is 0.333. The minimum absolute atomic E-state index is 0.106. The van der Waals surface area contributed by atoms with Gasteiger partial charge < -0.3 is 9.32 Å². The third kappa shape index (κ3) is 5.07. The van der Waals surface area contributed by atoms with Crippen molar-refractivity contribution in [2.45, 2.75) is 18.1 Å². The van der Waals surface area contributed by atoms with E-state index in [0.717, 1.165) is 17.3 Å². The quantitative estimate of drug-likeness (QED) is 0.667. The number of thioether (sulfide) groups is 1. The molecule has 0 unspecified atom stereocenters. The average molecular weight is 342 g/mol. The number of pyridine rings is 1. The third-order valence-electron chi connectivity index (χ3n) is 2.99. The zero-order chi connectivity index (χ0) is 17.2. The highest BCUT2D eigenvalue weighted by molar-refractivity contribution is 7.99. The first kappa shape index (κ1) is 17.4. The summed E-state index contributed by atoms with van der Waals surface area (Å²) in [6.45, 7) is 0.618. The van der Waals surface area contributed by atoms with Crippen LogP contribution in [0.25, 0.3) is 11.5 Å². The molecule has 0 saturated carbocycles. The summed E-state index contributed by atoms with van der Waals surface area (Å²) in [7, 11) is 0. The minimum Gasteiger partial charge on any atom is -0.411 e. The highest BCUT2D eigenvalue weighted by Gasteiger charge is 2.16. The summed E-state index contributed by atoms with van der Waals surface area (Å²) in [5.74, 6) is 0.293. The van der Waals surface area contributed by atoms with Gasteiger partial charge in [0.15, 0.2) is 0 Å². The Morgan fingerprint density at radius 2 is 1.83 bits per heavy atom. The Morgan fingerprint density at radius 3 is 2.46 bits per heavy atom. The molecule has 2 heterocycles. The van der Waals surface area contributed by atoms with Gasteiger partial charge in [0.1, 0.15) is 0 Å². The van der Waals surface area contributed by atoms with Crippen LogP contribution in [0, 0.1) is 22.7 Å². The zero-order valence-corrected chi connectivity index (χ0v) is 13.6. The van der Waals surface area contributed by atoms with Crippen LogP contribution in [-0.2, 0) is 4.79 Å². The first-order valence-electron chi connectivity index (χ1n) is 7.13. The molecular formula is C15H14N6O2S. The summed E-state index contributed by atoms with van der Waals surface area (Å²) in [6, 6.07) is 7.49. The van der Waals surface area contributed by atoms with Crippen LogP contribution < -0.4 is 0 Å². The molecule has 0 aliphatic rings. The lowest BCUT2D eigenvalue weighted by atomic mass is 10.3. The van der Waals surface area contributed by atoms with Crippen molar-refractivity contribution >= 4 is 17.7 Å². The SMILES string of the molecule is N#CCCN(CCC#N)C(=O)CSc1nnc(-c2ccncc2)o1. The average Bonchev–Trinajstić information content (AvgIpc) is 3.09. The first-order chi connectivity index (χ1) is 11.7. The molecule has 0 aromatic carbocycles. The molecule has 0 aliphatic heterocycles. The lowest BCUT2D eigenvalue weighted by Crippen LogP contribution is -2.34. The van der Waals surface area contributed by atoms with Gasteiger partial charge in [0, 0.05) is 31.0 Å². The molecule has 0 radical (unpaired) electrons. The Labute approximate surface area is 143 Å². The van der Waals surface area contributed by atoms with Gasteiger partial charge in [-0.2, -0.15) is 10.5 Å². The van der Waals surface area contributed by atoms with Gasteiger partial charge in [-0.25, -0.2) is 0 Å². The van der Waals surface area contributed by atoms with Gasteiger partial charge in [-0.05, 0) is 12.1 Å². The number of carbonyl (C=O) groups excluding carboxylic acids is 1. The van der Waals surface area contributed by atoms with E-state index in [1.165, 1.54) is 4.90 Å². The van der Waals surface area contributed by atoms with Crippen LogP contribution in [0.5, 0.6) is 0 Å². The predicted octanol–water partition coefficient (Wildman–Crippen LogP) is 1.88. The number of nitriles is 2. The Balaban J connectivity index is 1.92. The van der Waals surface area contributed by atoms with Gasteiger partial charge in [0.2, 0.25) is 11.8 Å². The lowest BCUT2D eigenvalue weighted by Gasteiger charge is -2.19. The van der Waals surface area contributed by atoms with Gasteiger partial charge in [0.25, 0.3) is 5.22 Å². The molecule has 9 heteroatoms. The number of rotatable bonds is 8. The van der Waals surface area contributed by atoms with Crippen molar-refractivity contribution < 1.29 is 9.21 Å². The molecule has 0 saturated heterocycles. The largest absolute Gasteiger partial charge is 0.411 e. The van der Waals surface area contributed by atoms with Crippen LogP contribution in [-0.4, -0.2) is 44.8 Å². The molecule has 2 aromatic rings. The van der Waals surface area contributed by atoms with Gasteiger partial charge >= 0.3 is 0 Å². The number of nitrogens with zero attached hydrogens (tertiary/aromatic N) is 6. The Kier molecular flexibility index (Phi) is 6.74. The van der Waals surface area contributed by atoms with E-state index >= 15 is 0 Å². The van der Waals surface area contributed by atoms with Crippen molar-refractivity contribution in [2.75, 3.05) is 18.8 Å². The molecule has 0 aliphatic carbocycles. The molecule has 0 atom stereocenters. The van der Waals surface area contributed by atoms with Gasteiger partial charge in [-0.3, -0.25) is 9.78 Å². The summed E-state index contributed by atoms with van der Waals surface area (Å²) in [6.07, 6.45) is 3.71. The van der Waals surface area contributed by atoms with Crippen molar-refractivity contribution in [3.05, 3.63) is 24.5 Å². The van der Waals surface area contributed by atoms with Gasteiger partial charge in [-0.1, -0.05) is 11.8 Å². The van der Waals surface area contributed by atoms with Crippen LogP contribution in [0.2, 0.25) is 0 Å². The molecule has 8 nitrogen and oxygen atoms in total. The highest BCUT2D eigenvalue weighted by Crippen LogP contribution is 2.22. The van der Waals surface area contributed by atoms with E-state index in [0.29, 0.717) is 19.0 Å². The van der Waals surface area contributed by atoms with Crippen molar-refractivity contribution in [3.8, 4) is 23.6 Å². The maximum Gasteiger partial charge on any atom is 0.277 e. The van der Waals surface area contributed by atoms with E-state index in [1.807, 2.05) is 12.1 Å². The minimum atomic E-state index is -0.172. The van der Waals surface area contributed by atoms with Crippen molar-refractivity contribution in [2.24, 2.45) is 0 Å². The van der Waals surface area contributed by atoms with Crippen molar-refractivity contribution in [1.82, 2.24) is 20.1 Å². The van der Waals surface area contributed by atoms with Crippen LogP contribution >= 0.6 is 11.8 Å². The van der Waals surface area contributed by atoms with Crippen LogP contribution in [0.3, 0.4) is 0 Å². The monoisotopic (exact) mass is 342 g/mol. The lowest BCUT2D eigenvalue weighted by molar-refractivity contribution is -0.128. The molecule has 24 heavy (non-hydrogen) atoms. The topological polar surface area (TPSA) is 120 Å². The predicted molar refractivity (Wildman–Crippen MR) is 85.3 cm³/mol. The normalized spacial score (nSPS) is 9.92. The molecule has 2 rings (SSSR count). The van der Waals surface area contributed by atoms with E-state index in [9.17, 15) is 4.79 Å². The maximum atomic E-state index is 12.2. The first-order valence-corrected chi connectivity index (χ1v) is 8.11. The molecule has 0 bridgehead atoms. The summed E-state index contributed by atoms with van der Waals surface area (Å²) >= 11 is 1.13. The van der Waals surface area contributed by atoms with E-state index in [-0.39, 0.29) is 29.7 Å². The standard InChI is InChI=1S/C15H14N6O2S/c16-5-1-9-21(10-2-6-17)13(22)11-24-15-20-19-14(23-15)12-3-7-18-8-4-12/h3-4,7-8H,1-2,9-11H2. The van der Waals surface area contributed by atoms with Gasteiger partial charge in [0.05, 0.1) is 30.7 Å². The van der Waals surface area contributed by atoms with Crippen LogP contribution in [0.15, 0.2) is 34.2 Å². The fourth-order valence-corrected chi connectivity index (χ4v) is 2.49. The smallest absolute Gasteiger partial charge is 0.277 e. The van der Waals surface area contributed by atoms with E-state index in [1.54, 1.807) is 24.5 Å². The second-order valence-electron chi connectivity index (χ2n) is 4.59. The van der Waals surface area contributed by atoms with Crippen molar-refractivity contribution in [3.63, 3.8) is 0 Å². The summed E-state index contributed by atoms with van der Waals surface area (Å²) in [5.41, 5.74) is 0.750. The second-order valence-corrected chi connectivity index (χ2v) is 5.52. The molecule has 122 valence electrons. The highest BCUT2D eigenvalue weighted by atomic mass is 32.2. The number of carbonyl (C=O) groups is 1. The summed E-state index contributed by atoms with van der Waals surface area (Å²) in [4.78, 5) is 17.6. The fourth-order valence-electron chi connectivity index (χ4n) is 1.83. The maximum absolute atomic E-state index is 12.2. The molecule has 0 N–H and O–H groups in total. The Morgan fingerprint density at radius 1 is 1.17 bits per heavy atom. The zero-order valence-electron chi connectivity index (χ0n) is 12.8. The van der Waals surface area contributed by atoms with Crippen LogP contribution in [0.1, 0.15) is 12.8 Å². The number of hydrogen-bond donors (Lipinski definition) is 0. The molecule has 0 fully saturated rings. The second kappa shape index (κ2) is 9.28. The Bertz CT molecular complexity index is 731. The van der Waals surface area contributed by atoms with Crippen molar-refractivity contribution in [1.29, 1.82) is 10.5 Å². The summed E-state index contributed by atoms with van der Waals surface area (Å²) in [5, 5.41) is 25.4. The van der Waals surface area contributed by atoms with Crippen LogP contribution in [0.4, 0.5) is 0 Å². The summed E-state index contributed by atoms with van der Waals surface area (Å²) < 4.78 is 5.50. The van der Waals surface area contributed by atoms with E-state index in [4.69, 9.17) is 14.9 Å². The number of amides is 1. The molecule has 2 aromatic heterocycles. The third-order valence-corrected chi connectivity index (χ3v) is 3.80. The molecule has 1 amide bonds. The Hall–Kier alpha value is -2.91. The molecule has 0 spiro atoms. The van der Waals surface area contributed by atoms with Gasteiger partial charge in [-0.15, -0.1) is 10.2 Å². The van der Waals surface area contributed by atoms with E-state index < -0.39 is 0 Å². The number of aromatic nitrogens is 3. The van der Waals surface area contributed by atoms with E-state index in [2.05, 4.69) is 15.2 Å². The molecular weight excluding hydrogens is 328 g/mol.